The molecule has 1 rings (SSSR count). The third kappa shape index (κ3) is 5.14. The average Bonchev–Trinajstić information content (AvgIpc) is 2.29. The summed E-state index contributed by atoms with van der Waals surface area (Å²) in [6.45, 7) is 0.823. The number of carbonyl (C=O) groups excluding carboxylic acids is 1. The van der Waals surface area contributed by atoms with Crippen LogP contribution in [0.2, 0.25) is 0 Å². The number of hydrogen-bond donors (Lipinski definition) is 3. The number of aliphatic hydroxyl groups excluding tert-OH is 1. The molecule has 0 aliphatic heterocycles. The molecule has 88 valence electrons. The van der Waals surface area contributed by atoms with Gasteiger partial charge in [-0.05, 0) is 24.1 Å². The van der Waals surface area contributed by atoms with Gasteiger partial charge in [-0.2, -0.15) is 0 Å². The highest BCUT2D eigenvalue weighted by atomic mass is 79.9. The Labute approximate surface area is 103 Å². The number of halogens is 1. The lowest BCUT2D eigenvalue weighted by molar-refractivity contribution is 0.234. The van der Waals surface area contributed by atoms with Gasteiger partial charge >= 0.3 is 6.03 Å². The Hall–Kier alpha value is -1.07. The lowest BCUT2D eigenvalue weighted by atomic mass is 10.1. The fourth-order valence-corrected chi connectivity index (χ4v) is 1.47. The van der Waals surface area contributed by atoms with Crippen molar-refractivity contribution in [2.75, 3.05) is 19.7 Å². The summed E-state index contributed by atoms with van der Waals surface area (Å²) in [5.74, 6) is 0. The van der Waals surface area contributed by atoms with Crippen molar-refractivity contribution in [1.29, 1.82) is 0 Å². The number of benzene rings is 1. The monoisotopic (exact) mass is 286 g/mol. The first-order valence-corrected chi connectivity index (χ1v) is 5.88. The zero-order valence-electron chi connectivity index (χ0n) is 8.87. The number of carbonyl (C=O) groups is 1. The predicted molar refractivity (Wildman–Crippen MR) is 66.3 cm³/mol. The second-order valence-corrected chi connectivity index (χ2v) is 4.20. The minimum absolute atomic E-state index is 0.0415. The van der Waals surface area contributed by atoms with Crippen LogP contribution < -0.4 is 10.6 Å². The summed E-state index contributed by atoms with van der Waals surface area (Å²) in [6.07, 6.45) is 0.791. The van der Waals surface area contributed by atoms with E-state index in [-0.39, 0.29) is 19.2 Å². The van der Waals surface area contributed by atoms with E-state index in [9.17, 15) is 4.79 Å². The van der Waals surface area contributed by atoms with Gasteiger partial charge in [-0.15, -0.1) is 0 Å². The van der Waals surface area contributed by atoms with E-state index in [1.54, 1.807) is 0 Å². The Kier molecular flexibility index (Phi) is 5.88. The highest BCUT2D eigenvalue weighted by Gasteiger charge is 1.98. The van der Waals surface area contributed by atoms with E-state index in [4.69, 9.17) is 5.11 Å². The van der Waals surface area contributed by atoms with Crippen LogP contribution in [-0.4, -0.2) is 30.8 Å². The Morgan fingerprint density at radius 3 is 2.44 bits per heavy atom. The molecular formula is C11H15BrN2O2. The van der Waals surface area contributed by atoms with Crippen LogP contribution in [0.5, 0.6) is 0 Å². The van der Waals surface area contributed by atoms with Crippen molar-refractivity contribution in [2.45, 2.75) is 6.42 Å². The second kappa shape index (κ2) is 7.24. The molecule has 0 aromatic heterocycles. The molecule has 2 amide bonds. The maximum atomic E-state index is 11.1. The van der Waals surface area contributed by atoms with Gasteiger partial charge in [-0.3, -0.25) is 0 Å². The van der Waals surface area contributed by atoms with Crippen LogP contribution in [0.3, 0.4) is 0 Å². The van der Waals surface area contributed by atoms with Crippen LogP contribution in [0.1, 0.15) is 5.56 Å². The summed E-state index contributed by atoms with van der Waals surface area (Å²) >= 11 is 3.36. The molecule has 0 atom stereocenters. The lowest BCUT2D eigenvalue weighted by Crippen LogP contribution is -2.37. The lowest BCUT2D eigenvalue weighted by Gasteiger charge is -2.06. The maximum Gasteiger partial charge on any atom is 0.314 e. The molecule has 0 heterocycles. The van der Waals surface area contributed by atoms with Crippen molar-refractivity contribution < 1.29 is 9.90 Å². The van der Waals surface area contributed by atoms with Crippen molar-refractivity contribution >= 4 is 22.0 Å². The third-order valence-corrected chi connectivity index (χ3v) is 2.54. The number of nitrogens with one attached hydrogen (secondary N) is 2. The van der Waals surface area contributed by atoms with Crippen molar-refractivity contribution in [3.8, 4) is 0 Å². The summed E-state index contributed by atoms with van der Waals surface area (Å²) in [5, 5.41) is 13.7. The van der Waals surface area contributed by atoms with Crippen LogP contribution in [0, 0.1) is 0 Å². The van der Waals surface area contributed by atoms with Crippen LogP contribution in [-0.2, 0) is 6.42 Å². The molecule has 16 heavy (non-hydrogen) atoms. The molecule has 0 spiro atoms. The summed E-state index contributed by atoms with van der Waals surface area (Å²) in [4.78, 5) is 11.1. The summed E-state index contributed by atoms with van der Waals surface area (Å²) in [6, 6.07) is 7.73. The van der Waals surface area contributed by atoms with Crippen LogP contribution in [0.25, 0.3) is 0 Å². The van der Waals surface area contributed by atoms with Crippen molar-refractivity contribution in [3.63, 3.8) is 0 Å². The molecule has 4 nitrogen and oxygen atoms in total. The molecule has 0 saturated heterocycles. The molecule has 1 aromatic rings. The first-order chi connectivity index (χ1) is 7.72. The maximum absolute atomic E-state index is 11.1. The first-order valence-electron chi connectivity index (χ1n) is 5.09. The van der Waals surface area contributed by atoms with Gasteiger partial charge in [0.15, 0.2) is 0 Å². The molecule has 0 bridgehead atoms. The van der Waals surface area contributed by atoms with E-state index < -0.39 is 0 Å². The molecule has 3 N–H and O–H groups in total. The van der Waals surface area contributed by atoms with E-state index in [0.29, 0.717) is 6.54 Å². The highest BCUT2D eigenvalue weighted by molar-refractivity contribution is 9.10. The van der Waals surface area contributed by atoms with Crippen LogP contribution >= 0.6 is 15.9 Å². The van der Waals surface area contributed by atoms with E-state index in [2.05, 4.69) is 26.6 Å². The summed E-state index contributed by atoms with van der Waals surface area (Å²) < 4.78 is 1.05. The molecule has 0 fully saturated rings. The van der Waals surface area contributed by atoms with Gasteiger partial charge in [-0.25, -0.2) is 4.79 Å². The Morgan fingerprint density at radius 2 is 1.81 bits per heavy atom. The largest absolute Gasteiger partial charge is 0.395 e. The molecule has 0 radical (unpaired) electrons. The molecule has 0 aliphatic rings. The zero-order valence-corrected chi connectivity index (χ0v) is 10.5. The highest BCUT2D eigenvalue weighted by Crippen LogP contribution is 2.10. The minimum atomic E-state index is -0.244. The first kappa shape index (κ1) is 13.0. The zero-order chi connectivity index (χ0) is 11.8. The minimum Gasteiger partial charge on any atom is -0.395 e. The van der Waals surface area contributed by atoms with E-state index >= 15 is 0 Å². The van der Waals surface area contributed by atoms with E-state index in [0.717, 1.165) is 10.9 Å². The fourth-order valence-electron chi connectivity index (χ4n) is 1.20. The third-order valence-electron chi connectivity index (χ3n) is 2.01. The van der Waals surface area contributed by atoms with E-state index in [1.165, 1.54) is 5.56 Å². The van der Waals surface area contributed by atoms with Gasteiger partial charge in [0.25, 0.3) is 0 Å². The van der Waals surface area contributed by atoms with Crippen LogP contribution in [0.15, 0.2) is 28.7 Å². The number of hydrogen-bond acceptors (Lipinski definition) is 2. The summed E-state index contributed by atoms with van der Waals surface area (Å²) in [5.41, 5.74) is 1.17. The Morgan fingerprint density at radius 1 is 1.19 bits per heavy atom. The SMILES string of the molecule is O=C(NCCO)NCCc1ccc(Br)cc1. The Balaban J connectivity index is 2.20. The molecule has 5 heteroatoms. The quantitative estimate of drug-likeness (QED) is 0.764. The number of amides is 2. The van der Waals surface area contributed by atoms with Gasteiger partial charge in [0.2, 0.25) is 0 Å². The van der Waals surface area contributed by atoms with Gasteiger partial charge in [0.05, 0.1) is 6.61 Å². The van der Waals surface area contributed by atoms with Gasteiger partial charge in [-0.1, -0.05) is 28.1 Å². The molecule has 1 aromatic carbocycles. The van der Waals surface area contributed by atoms with Gasteiger partial charge in [0, 0.05) is 17.6 Å². The van der Waals surface area contributed by atoms with Gasteiger partial charge < -0.3 is 15.7 Å². The molecule has 0 saturated carbocycles. The van der Waals surface area contributed by atoms with Crippen molar-refractivity contribution in [3.05, 3.63) is 34.3 Å². The van der Waals surface area contributed by atoms with Crippen LogP contribution in [0.4, 0.5) is 4.79 Å². The fraction of sp³-hybridized carbons (Fsp3) is 0.364. The second-order valence-electron chi connectivity index (χ2n) is 3.28. The molecular weight excluding hydrogens is 272 g/mol. The predicted octanol–water partition coefficient (Wildman–Crippen LogP) is 1.28. The number of aliphatic hydroxyl groups is 1. The number of urea groups is 1. The molecule has 0 unspecified atom stereocenters. The Bertz CT molecular complexity index is 327. The standard InChI is InChI=1S/C11H15BrN2O2/c12-10-3-1-9(2-4-10)5-6-13-11(16)14-7-8-15/h1-4,15H,5-8H2,(H2,13,14,16). The van der Waals surface area contributed by atoms with Crippen molar-refractivity contribution in [2.24, 2.45) is 0 Å². The topological polar surface area (TPSA) is 61.4 Å². The number of rotatable bonds is 5. The average molecular weight is 287 g/mol. The van der Waals surface area contributed by atoms with E-state index in [1.807, 2.05) is 24.3 Å². The van der Waals surface area contributed by atoms with Gasteiger partial charge in [0.1, 0.15) is 0 Å². The summed E-state index contributed by atoms with van der Waals surface area (Å²) in [7, 11) is 0. The van der Waals surface area contributed by atoms with Crippen molar-refractivity contribution in [1.82, 2.24) is 10.6 Å². The normalized spacial score (nSPS) is 9.88. The smallest absolute Gasteiger partial charge is 0.314 e. The molecule has 0 aliphatic carbocycles.